The minimum Gasteiger partial charge on any atom is -0.296 e. The Bertz CT molecular complexity index is 946. The maximum atomic E-state index is 12.6. The molecule has 2 fully saturated rings. The molecule has 138 valence electrons. The maximum absolute atomic E-state index is 12.6. The molecular weight excluding hydrogens is 396 g/mol. The molecule has 2 saturated carbocycles. The summed E-state index contributed by atoms with van der Waals surface area (Å²) in [5.74, 6) is 0.589. The summed E-state index contributed by atoms with van der Waals surface area (Å²) < 4.78 is 27.7. The Kier molecular flexibility index (Phi) is 4.72. The number of amides is 1. The topological polar surface area (TPSA) is 101 Å². The van der Waals surface area contributed by atoms with Crippen LogP contribution in [0.15, 0.2) is 28.6 Å². The van der Waals surface area contributed by atoms with E-state index in [0.717, 1.165) is 30.6 Å². The van der Waals surface area contributed by atoms with E-state index in [2.05, 4.69) is 20.2 Å². The molecule has 10 heteroatoms. The first-order valence-corrected chi connectivity index (χ1v) is 11.0. The summed E-state index contributed by atoms with van der Waals surface area (Å²) in [7, 11) is -3.74. The number of anilines is 1. The number of rotatable bonds is 5. The third-order valence-electron chi connectivity index (χ3n) is 5.02. The lowest BCUT2D eigenvalue weighted by Gasteiger charge is -2.21. The molecule has 0 spiro atoms. The number of nitrogens with zero attached hydrogens (tertiary/aromatic N) is 2. The number of hydrogen-bond acceptors (Lipinski definition) is 6. The number of fused-ring (bicyclic) bond motifs is 2. The van der Waals surface area contributed by atoms with Crippen molar-refractivity contribution in [3.05, 3.63) is 34.9 Å². The minimum atomic E-state index is -3.74. The number of nitrogens with one attached hydrogen (secondary N) is 2. The predicted octanol–water partition coefficient (Wildman–Crippen LogP) is 2.91. The van der Waals surface area contributed by atoms with Crippen LogP contribution in [-0.2, 0) is 10.0 Å². The first kappa shape index (κ1) is 17.8. The lowest BCUT2D eigenvalue weighted by atomic mass is 9.96. The Morgan fingerprint density at radius 3 is 2.69 bits per heavy atom. The Hall–Kier alpha value is -1.55. The van der Waals surface area contributed by atoms with Crippen LogP contribution in [0.25, 0.3) is 0 Å². The fraction of sp³-hybridized carbons (Fsp3) is 0.438. The number of carbonyl (C=O) groups excluding carboxylic acids is 1. The predicted molar refractivity (Wildman–Crippen MR) is 98.9 cm³/mol. The summed E-state index contributed by atoms with van der Waals surface area (Å²) in [4.78, 5) is 12.2. The van der Waals surface area contributed by atoms with Crippen LogP contribution < -0.4 is 10.0 Å². The SMILES string of the molecule is O=C(Nc1nnc(S(=O)(=O)N[C@@H]2C[C@H]3CC[C@H]2C3)s1)c1ccccc1Cl. The van der Waals surface area contributed by atoms with Crippen molar-refractivity contribution in [3.8, 4) is 0 Å². The summed E-state index contributed by atoms with van der Waals surface area (Å²) in [5.41, 5.74) is 0.286. The fourth-order valence-corrected chi connectivity index (χ4v) is 6.27. The number of sulfonamides is 1. The molecule has 1 aromatic heterocycles. The van der Waals surface area contributed by atoms with Crippen molar-refractivity contribution in [2.75, 3.05) is 5.32 Å². The van der Waals surface area contributed by atoms with Crippen molar-refractivity contribution in [2.24, 2.45) is 11.8 Å². The first-order chi connectivity index (χ1) is 12.4. The van der Waals surface area contributed by atoms with E-state index in [1.54, 1.807) is 24.3 Å². The maximum Gasteiger partial charge on any atom is 0.270 e. The third-order valence-corrected chi connectivity index (χ3v) is 8.05. The Morgan fingerprint density at radius 2 is 2.00 bits per heavy atom. The van der Waals surface area contributed by atoms with Crippen molar-refractivity contribution < 1.29 is 13.2 Å². The largest absolute Gasteiger partial charge is 0.296 e. The average molecular weight is 413 g/mol. The van der Waals surface area contributed by atoms with E-state index < -0.39 is 15.9 Å². The van der Waals surface area contributed by atoms with Gasteiger partial charge in [0.05, 0.1) is 10.6 Å². The molecule has 26 heavy (non-hydrogen) atoms. The molecule has 2 aromatic rings. The molecule has 7 nitrogen and oxygen atoms in total. The first-order valence-electron chi connectivity index (χ1n) is 8.34. The van der Waals surface area contributed by atoms with Crippen LogP contribution in [0.2, 0.25) is 5.02 Å². The smallest absolute Gasteiger partial charge is 0.270 e. The van der Waals surface area contributed by atoms with Gasteiger partial charge in [0.15, 0.2) is 0 Å². The molecule has 0 unspecified atom stereocenters. The number of halogens is 1. The summed E-state index contributed by atoms with van der Waals surface area (Å²) in [6, 6.07) is 6.56. The zero-order valence-corrected chi connectivity index (χ0v) is 16.1. The lowest BCUT2D eigenvalue weighted by molar-refractivity contribution is 0.102. The molecule has 1 aromatic carbocycles. The molecule has 1 heterocycles. The quantitative estimate of drug-likeness (QED) is 0.735. The van der Waals surface area contributed by atoms with Crippen LogP contribution in [0.5, 0.6) is 0 Å². The Labute approximate surface area is 160 Å². The van der Waals surface area contributed by atoms with Gasteiger partial charge in [-0.2, -0.15) is 0 Å². The van der Waals surface area contributed by atoms with Gasteiger partial charge in [0.2, 0.25) is 9.47 Å². The van der Waals surface area contributed by atoms with Crippen LogP contribution in [0.1, 0.15) is 36.0 Å². The molecule has 0 saturated heterocycles. The molecule has 2 aliphatic rings. The zero-order chi connectivity index (χ0) is 18.3. The minimum absolute atomic E-state index is 0.0242. The second-order valence-electron chi connectivity index (χ2n) is 6.71. The van der Waals surface area contributed by atoms with Crippen molar-refractivity contribution >= 4 is 44.0 Å². The number of hydrogen-bond donors (Lipinski definition) is 2. The highest BCUT2D eigenvalue weighted by Gasteiger charge is 2.41. The van der Waals surface area contributed by atoms with Gasteiger partial charge in [-0.25, -0.2) is 13.1 Å². The molecule has 0 aliphatic heterocycles. The van der Waals surface area contributed by atoms with Gasteiger partial charge < -0.3 is 0 Å². The van der Waals surface area contributed by atoms with Gasteiger partial charge in [-0.15, -0.1) is 10.2 Å². The van der Waals surface area contributed by atoms with E-state index in [0.29, 0.717) is 16.9 Å². The normalized spacial score (nSPS) is 24.7. The van der Waals surface area contributed by atoms with Crippen molar-refractivity contribution in [1.29, 1.82) is 0 Å². The molecule has 3 atom stereocenters. The average Bonchev–Trinajstić information content (AvgIpc) is 3.31. The monoisotopic (exact) mass is 412 g/mol. The molecule has 4 rings (SSSR count). The lowest BCUT2D eigenvalue weighted by Crippen LogP contribution is -2.38. The highest BCUT2D eigenvalue weighted by atomic mass is 35.5. The van der Waals surface area contributed by atoms with Crippen LogP contribution >= 0.6 is 22.9 Å². The van der Waals surface area contributed by atoms with E-state index in [1.807, 2.05) is 0 Å². The number of benzene rings is 1. The van der Waals surface area contributed by atoms with Gasteiger partial charge in [0.25, 0.3) is 15.9 Å². The van der Waals surface area contributed by atoms with Crippen molar-refractivity contribution in [3.63, 3.8) is 0 Å². The summed E-state index contributed by atoms with van der Waals surface area (Å²) in [6.45, 7) is 0. The van der Waals surface area contributed by atoms with Gasteiger partial charge in [-0.05, 0) is 43.2 Å². The molecule has 1 amide bonds. The Balaban J connectivity index is 1.45. The van der Waals surface area contributed by atoms with Gasteiger partial charge in [0, 0.05) is 6.04 Å². The summed E-state index contributed by atoms with van der Waals surface area (Å²) in [6.07, 6.45) is 4.26. The molecule has 2 bridgehead atoms. The van der Waals surface area contributed by atoms with Gasteiger partial charge in [0.1, 0.15) is 0 Å². The highest BCUT2D eigenvalue weighted by Crippen LogP contribution is 2.44. The zero-order valence-electron chi connectivity index (χ0n) is 13.7. The highest BCUT2D eigenvalue weighted by molar-refractivity contribution is 7.91. The standard InChI is InChI=1S/C16H17ClN4O3S2/c17-12-4-2-1-3-11(12)14(22)18-15-19-20-16(25-15)26(23,24)21-13-8-9-5-6-10(13)7-9/h1-4,9-10,13,21H,5-8H2,(H,18,19,22)/t9-,10-,13+/m0/s1. The van der Waals surface area contributed by atoms with E-state index in [4.69, 9.17) is 11.6 Å². The second kappa shape index (κ2) is 6.88. The summed E-state index contributed by atoms with van der Waals surface area (Å²) >= 11 is 6.81. The molecule has 2 aliphatic carbocycles. The third kappa shape index (κ3) is 3.48. The van der Waals surface area contributed by atoms with E-state index in [9.17, 15) is 13.2 Å². The molecule has 2 N–H and O–H groups in total. The van der Waals surface area contributed by atoms with Crippen LogP contribution in [0.3, 0.4) is 0 Å². The number of aromatic nitrogens is 2. The number of carbonyl (C=O) groups is 1. The van der Waals surface area contributed by atoms with Gasteiger partial charge in [-0.1, -0.05) is 41.5 Å². The van der Waals surface area contributed by atoms with Crippen LogP contribution in [0.4, 0.5) is 5.13 Å². The second-order valence-corrected chi connectivity index (χ2v) is 9.98. The van der Waals surface area contributed by atoms with Crippen molar-refractivity contribution in [1.82, 2.24) is 14.9 Å². The van der Waals surface area contributed by atoms with Crippen molar-refractivity contribution in [2.45, 2.75) is 36.1 Å². The van der Waals surface area contributed by atoms with E-state index in [1.165, 1.54) is 6.42 Å². The molecule has 0 radical (unpaired) electrons. The summed E-state index contributed by atoms with van der Waals surface area (Å²) in [5, 5.41) is 10.5. The van der Waals surface area contributed by atoms with Gasteiger partial charge >= 0.3 is 0 Å². The Morgan fingerprint density at radius 1 is 1.19 bits per heavy atom. The fourth-order valence-electron chi connectivity index (χ4n) is 3.82. The van der Waals surface area contributed by atoms with Gasteiger partial charge in [-0.3, -0.25) is 10.1 Å². The molecular formula is C16H17ClN4O3S2. The van der Waals surface area contributed by atoms with Crippen LogP contribution in [0, 0.1) is 11.8 Å². The van der Waals surface area contributed by atoms with E-state index in [-0.39, 0.29) is 21.1 Å². The van der Waals surface area contributed by atoms with E-state index >= 15 is 0 Å². The van der Waals surface area contributed by atoms with Crippen LogP contribution in [-0.4, -0.2) is 30.6 Å².